The van der Waals surface area contributed by atoms with Crippen molar-refractivity contribution in [3.8, 4) is 11.8 Å². The Morgan fingerprint density at radius 3 is 2.86 bits per heavy atom. The number of ether oxygens (including phenoxy) is 2. The van der Waals surface area contributed by atoms with Crippen molar-refractivity contribution in [2.75, 3.05) is 19.8 Å². The maximum absolute atomic E-state index is 12.0. The van der Waals surface area contributed by atoms with Crippen molar-refractivity contribution >= 4 is 12.0 Å². The van der Waals surface area contributed by atoms with Crippen LogP contribution in [0, 0.1) is 11.3 Å². The topological polar surface area (TPSA) is 71.3 Å². The zero-order chi connectivity index (χ0) is 15.8. The molecule has 1 N–H and O–H groups in total. The van der Waals surface area contributed by atoms with Gasteiger partial charge in [-0.3, -0.25) is 4.79 Å². The van der Waals surface area contributed by atoms with Crippen molar-refractivity contribution in [3.05, 3.63) is 35.4 Å². The molecule has 116 valence electrons. The lowest BCUT2D eigenvalue weighted by Crippen LogP contribution is -2.32. The minimum absolute atomic E-state index is 0.0642. The Bertz CT molecular complexity index is 567. The fourth-order valence-corrected chi connectivity index (χ4v) is 2.25. The number of amides is 1. The minimum atomic E-state index is -0.369. The summed E-state index contributed by atoms with van der Waals surface area (Å²) >= 11 is 0. The van der Waals surface area contributed by atoms with Crippen molar-refractivity contribution in [2.45, 2.75) is 25.9 Å². The number of carbonyl (C=O) groups excluding carboxylic acids is 1. The number of hydrogen-bond acceptors (Lipinski definition) is 4. The fraction of sp³-hybridized carbons (Fsp3) is 0.412. The van der Waals surface area contributed by atoms with Gasteiger partial charge in [0.05, 0.1) is 12.7 Å². The number of nitrogens with zero attached hydrogens (tertiary/aromatic N) is 1. The predicted octanol–water partition coefficient (Wildman–Crippen LogP) is 2.29. The number of nitrogens with one attached hydrogen (secondary N) is 1. The summed E-state index contributed by atoms with van der Waals surface area (Å²) in [5.41, 5.74) is 0.870. The Balaban J connectivity index is 1.96. The van der Waals surface area contributed by atoms with Crippen molar-refractivity contribution in [2.24, 2.45) is 0 Å². The number of hydrogen-bond donors (Lipinski definition) is 1. The molecule has 0 radical (unpaired) electrons. The lowest BCUT2D eigenvalue weighted by molar-refractivity contribution is -0.117. The zero-order valence-electron chi connectivity index (χ0n) is 12.7. The minimum Gasteiger partial charge on any atom is -0.494 e. The molecule has 1 aliphatic heterocycles. The molecule has 1 unspecified atom stereocenters. The lowest BCUT2D eigenvalue weighted by Gasteiger charge is -2.10. The molecule has 5 nitrogen and oxygen atoms in total. The molecular weight excluding hydrogens is 280 g/mol. The van der Waals surface area contributed by atoms with Crippen molar-refractivity contribution in [3.63, 3.8) is 0 Å². The molecule has 0 bridgehead atoms. The Morgan fingerprint density at radius 1 is 1.50 bits per heavy atom. The van der Waals surface area contributed by atoms with E-state index >= 15 is 0 Å². The van der Waals surface area contributed by atoms with E-state index < -0.39 is 0 Å². The highest BCUT2D eigenvalue weighted by Crippen LogP contribution is 2.15. The van der Waals surface area contributed by atoms with Gasteiger partial charge in [-0.1, -0.05) is 12.1 Å². The van der Waals surface area contributed by atoms with Gasteiger partial charge in [0.25, 0.3) is 5.91 Å². The maximum Gasteiger partial charge on any atom is 0.262 e. The van der Waals surface area contributed by atoms with Gasteiger partial charge in [0.1, 0.15) is 17.4 Å². The third kappa shape index (κ3) is 4.61. The van der Waals surface area contributed by atoms with Crippen LogP contribution in [0.15, 0.2) is 29.8 Å². The SMILES string of the molecule is CCOc1ccc(/C=C(/C#N)C(=O)NCC2CCCO2)cc1. The molecule has 1 atom stereocenters. The molecule has 22 heavy (non-hydrogen) atoms. The summed E-state index contributed by atoms with van der Waals surface area (Å²) in [6.07, 6.45) is 3.60. The summed E-state index contributed by atoms with van der Waals surface area (Å²) in [5, 5.41) is 11.9. The van der Waals surface area contributed by atoms with Crippen LogP contribution in [0.1, 0.15) is 25.3 Å². The Morgan fingerprint density at radius 2 is 2.27 bits per heavy atom. The fourth-order valence-electron chi connectivity index (χ4n) is 2.25. The average Bonchev–Trinajstić information content (AvgIpc) is 3.05. The highest BCUT2D eigenvalue weighted by atomic mass is 16.5. The molecule has 0 spiro atoms. The molecular formula is C17H20N2O3. The molecule has 1 heterocycles. The standard InChI is InChI=1S/C17H20N2O3/c1-2-21-15-7-5-13(6-8-15)10-14(11-18)17(20)19-12-16-4-3-9-22-16/h5-8,10,16H,2-4,9,12H2,1H3,(H,19,20)/b14-10-. The van der Waals surface area contributed by atoms with Gasteiger partial charge in [0.2, 0.25) is 0 Å². The number of carbonyl (C=O) groups is 1. The van der Waals surface area contributed by atoms with Crippen molar-refractivity contribution < 1.29 is 14.3 Å². The van der Waals surface area contributed by atoms with Crippen molar-refractivity contribution in [1.82, 2.24) is 5.32 Å². The highest BCUT2D eigenvalue weighted by molar-refractivity contribution is 6.01. The molecule has 0 aromatic heterocycles. The first-order chi connectivity index (χ1) is 10.7. The van der Waals surface area contributed by atoms with E-state index in [-0.39, 0.29) is 17.6 Å². The van der Waals surface area contributed by atoms with E-state index in [9.17, 15) is 4.79 Å². The van der Waals surface area contributed by atoms with Gasteiger partial charge in [-0.05, 0) is 43.5 Å². The molecule has 1 amide bonds. The van der Waals surface area contributed by atoms with E-state index in [4.69, 9.17) is 14.7 Å². The second-order valence-electron chi connectivity index (χ2n) is 5.02. The van der Waals surface area contributed by atoms with Gasteiger partial charge < -0.3 is 14.8 Å². The average molecular weight is 300 g/mol. The number of benzene rings is 1. The highest BCUT2D eigenvalue weighted by Gasteiger charge is 2.17. The summed E-state index contributed by atoms with van der Waals surface area (Å²) < 4.78 is 10.8. The van der Waals surface area contributed by atoms with Crippen LogP contribution in [0.3, 0.4) is 0 Å². The molecule has 2 rings (SSSR count). The molecule has 1 aromatic carbocycles. The quantitative estimate of drug-likeness (QED) is 0.646. The number of rotatable bonds is 6. The maximum atomic E-state index is 12.0. The first-order valence-electron chi connectivity index (χ1n) is 7.47. The van der Waals surface area contributed by atoms with Crippen LogP contribution < -0.4 is 10.1 Å². The third-order valence-corrected chi connectivity index (χ3v) is 3.38. The summed E-state index contributed by atoms with van der Waals surface area (Å²) in [4.78, 5) is 12.0. The molecule has 0 saturated carbocycles. The molecule has 1 fully saturated rings. The van der Waals surface area contributed by atoms with E-state index in [0.717, 1.165) is 30.8 Å². The first-order valence-corrected chi connectivity index (χ1v) is 7.47. The van der Waals surface area contributed by atoms with Crippen LogP contribution in [-0.4, -0.2) is 31.8 Å². The second kappa shape index (κ2) is 8.20. The lowest BCUT2D eigenvalue weighted by atomic mass is 10.1. The summed E-state index contributed by atoms with van der Waals surface area (Å²) in [7, 11) is 0. The monoisotopic (exact) mass is 300 g/mol. The Labute approximate surface area is 130 Å². The van der Waals surface area contributed by atoms with Crippen LogP contribution in [-0.2, 0) is 9.53 Å². The Hall–Kier alpha value is -2.32. The van der Waals surface area contributed by atoms with Crippen LogP contribution in [0.25, 0.3) is 6.08 Å². The summed E-state index contributed by atoms with van der Waals surface area (Å²) in [5.74, 6) is 0.396. The third-order valence-electron chi connectivity index (χ3n) is 3.38. The first kappa shape index (κ1) is 16.1. The smallest absolute Gasteiger partial charge is 0.262 e. The zero-order valence-corrected chi connectivity index (χ0v) is 12.7. The summed E-state index contributed by atoms with van der Waals surface area (Å²) in [6, 6.07) is 9.20. The van der Waals surface area contributed by atoms with Crippen LogP contribution >= 0.6 is 0 Å². The van der Waals surface area contributed by atoms with Gasteiger partial charge in [0, 0.05) is 13.2 Å². The van der Waals surface area contributed by atoms with Gasteiger partial charge in [-0.25, -0.2) is 0 Å². The van der Waals surface area contributed by atoms with E-state index in [0.29, 0.717) is 13.2 Å². The van der Waals surface area contributed by atoms with E-state index in [1.54, 1.807) is 6.08 Å². The second-order valence-corrected chi connectivity index (χ2v) is 5.02. The molecule has 1 aliphatic rings. The Kier molecular flexibility index (Phi) is 5.99. The molecule has 0 aliphatic carbocycles. The van der Waals surface area contributed by atoms with Crippen LogP contribution in [0.5, 0.6) is 5.75 Å². The van der Waals surface area contributed by atoms with E-state index in [1.807, 2.05) is 37.3 Å². The van der Waals surface area contributed by atoms with Gasteiger partial charge in [-0.2, -0.15) is 5.26 Å². The van der Waals surface area contributed by atoms with Crippen LogP contribution in [0.2, 0.25) is 0 Å². The van der Waals surface area contributed by atoms with Gasteiger partial charge in [0.15, 0.2) is 0 Å². The predicted molar refractivity (Wildman–Crippen MR) is 83.2 cm³/mol. The summed E-state index contributed by atoms with van der Waals surface area (Å²) in [6.45, 7) is 3.71. The molecule has 1 aromatic rings. The van der Waals surface area contributed by atoms with E-state index in [1.165, 1.54) is 0 Å². The number of nitriles is 1. The van der Waals surface area contributed by atoms with Crippen molar-refractivity contribution in [1.29, 1.82) is 5.26 Å². The van der Waals surface area contributed by atoms with Gasteiger partial charge in [-0.15, -0.1) is 0 Å². The normalized spacial score (nSPS) is 17.8. The van der Waals surface area contributed by atoms with Crippen LogP contribution in [0.4, 0.5) is 0 Å². The van der Waals surface area contributed by atoms with E-state index in [2.05, 4.69) is 5.32 Å². The molecule has 5 heteroatoms. The van der Waals surface area contributed by atoms with Gasteiger partial charge >= 0.3 is 0 Å². The largest absolute Gasteiger partial charge is 0.494 e. The molecule has 1 saturated heterocycles.